The van der Waals surface area contributed by atoms with Crippen molar-refractivity contribution in [2.45, 2.75) is 24.1 Å². The van der Waals surface area contributed by atoms with E-state index in [1.165, 1.54) is 18.2 Å². The van der Waals surface area contributed by atoms with Crippen LogP contribution >= 0.6 is 11.8 Å². The number of carbonyl (C=O) groups is 3. The number of amides is 2. The van der Waals surface area contributed by atoms with Crippen LogP contribution in [0.5, 0.6) is 0 Å². The standard InChI is InChI=1S/C19H16F3N3O6S/c1-10(31-18(28)12-4-2-3-5-15(12)32-9-16(23)26)17(27)24-14-7-6-11(25(29)30)8-13(14)19(20,21)22/h2-8,10H,9H2,1H3,(H2,23,26)(H,24,27). The van der Waals surface area contributed by atoms with Crippen LogP contribution < -0.4 is 11.1 Å². The van der Waals surface area contributed by atoms with Crippen molar-refractivity contribution in [1.29, 1.82) is 0 Å². The number of thioether (sulfide) groups is 1. The fraction of sp³-hybridized carbons (Fsp3) is 0.211. The average molecular weight is 471 g/mol. The Bertz CT molecular complexity index is 1060. The molecule has 170 valence electrons. The number of alkyl halides is 3. The number of rotatable bonds is 8. The van der Waals surface area contributed by atoms with Gasteiger partial charge < -0.3 is 15.8 Å². The summed E-state index contributed by atoms with van der Waals surface area (Å²) in [6.07, 6.45) is -6.49. The van der Waals surface area contributed by atoms with Crippen LogP contribution in [-0.4, -0.2) is 34.6 Å². The number of nitrogens with one attached hydrogen (secondary N) is 1. The fourth-order valence-corrected chi connectivity index (χ4v) is 3.19. The number of benzene rings is 2. The normalized spacial score (nSPS) is 12.0. The van der Waals surface area contributed by atoms with Crippen molar-refractivity contribution in [2.24, 2.45) is 5.73 Å². The Hall–Kier alpha value is -3.61. The van der Waals surface area contributed by atoms with E-state index in [2.05, 4.69) is 0 Å². The number of halogens is 3. The number of nitrogens with zero attached hydrogens (tertiary/aromatic N) is 1. The number of non-ortho nitro benzene ring substituents is 1. The molecule has 0 aliphatic rings. The van der Waals surface area contributed by atoms with E-state index in [1.54, 1.807) is 6.07 Å². The van der Waals surface area contributed by atoms with E-state index in [1.807, 2.05) is 5.32 Å². The van der Waals surface area contributed by atoms with Crippen LogP contribution in [-0.2, 0) is 20.5 Å². The second-order valence-corrected chi connectivity index (χ2v) is 7.29. The molecule has 1 atom stereocenters. The number of hydrogen-bond donors (Lipinski definition) is 2. The van der Waals surface area contributed by atoms with E-state index < -0.39 is 51.9 Å². The van der Waals surface area contributed by atoms with Crippen LogP contribution in [0, 0.1) is 10.1 Å². The van der Waals surface area contributed by atoms with Crippen LogP contribution in [0.15, 0.2) is 47.4 Å². The summed E-state index contributed by atoms with van der Waals surface area (Å²) in [5.74, 6) is -2.75. The van der Waals surface area contributed by atoms with E-state index in [-0.39, 0.29) is 11.3 Å². The van der Waals surface area contributed by atoms with Gasteiger partial charge in [-0.05, 0) is 25.1 Å². The third-order valence-corrected chi connectivity index (χ3v) is 5.00. The van der Waals surface area contributed by atoms with Crippen LogP contribution in [0.3, 0.4) is 0 Å². The quantitative estimate of drug-likeness (QED) is 0.260. The predicted octanol–water partition coefficient (Wildman–Crippen LogP) is 3.38. The smallest absolute Gasteiger partial charge is 0.418 e. The molecule has 2 aromatic carbocycles. The number of nitrogens with two attached hydrogens (primary N) is 1. The lowest BCUT2D eigenvalue weighted by molar-refractivity contribution is -0.385. The molecule has 0 radical (unpaired) electrons. The Morgan fingerprint density at radius 3 is 2.47 bits per heavy atom. The molecule has 1 unspecified atom stereocenters. The molecule has 2 aromatic rings. The molecule has 0 aliphatic heterocycles. The molecule has 0 spiro atoms. The number of carbonyl (C=O) groups excluding carboxylic acids is 3. The Kier molecular flexibility index (Phi) is 7.81. The van der Waals surface area contributed by atoms with Gasteiger partial charge in [0.2, 0.25) is 5.91 Å². The van der Waals surface area contributed by atoms with Gasteiger partial charge in [-0.15, -0.1) is 11.8 Å². The highest BCUT2D eigenvalue weighted by molar-refractivity contribution is 8.00. The molecule has 13 heteroatoms. The predicted molar refractivity (Wildman–Crippen MR) is 108 cm³/mol. The maximum absolute atomic E-state index is 13.3. The highest BCUT2D eigenvalue weighted by Crippen LogP contribution is 2.37. The lowest BCUT2D eigenvalue weighted by Crippen LogP contribution is -2.31. The van der Waals surface area contributed by atoms with Gasteiger partial charge >= 0.3 is 12.1 Å². The molecule has 0 saturated carbocycles. The molecular formula is C19H16F3N3O6S. The number of ether oxygens (including phenoxy) is 1. The lowest BCUT2D eigenvalue weighted by Gasteiger charge is -2.17. The number of nitro benzene ring substituents is 1. The topological polar surface area (TPSA) is 142 Å². The van der Waals surface area contributed by atoms with Crippen molar-refractivity contribution in [3.8, 4) is 0 Å². The zero-order chi connectivity index (χ0) is 24.1. The molecular weight excluding hydrogens is 455 g/mol. The number of primary amides is 1. The van der Waals surface area contributed by atoms with Crippen molar-refractivity contribution in [1.82, 2.24) is 0 Å². The summed E-state index contributed by atoms with van der Waals surface area (Å²) in [5, 5.41) is 12.7. The maximum atomic E-state index is 13.3. The van der Waals surface area contributed by atoms with Crippen molar-refractivity contribution in [3.63, 3.8) is 0 Å². The third-order valence-electron chi connectivity index (χ3n) is 3.91. The van der Waals surface area contributed by atoms with Crippen molar-refractivity contribution in [3.05, 3.63) is 63.7 Å². The van der Waals surface area contributed by atoms with Gasteiger partial charge in [0.1, 0.15) is 0 Å². The largest absolute Gasteiger partial charge is 0.449 e. The Balaban J connectivity index is 2.17. The summed E-state index contributed by atoms with van der Waals surface area (Å²) in [6.45, 7) is 1.14. The van der Waals surface area contributed by atoms with Gasteiger partial charge in [0.25, 0.3) is 11.6 Å². The molecule has 0 heterocycles. The van der Waals surface area contributed by atoms with Gasteiger partial charge in [0.05, 0.1) is 27.5 Å². The molecule has 2 amide bonds. The molecule has 0 aliphatic carbocycles. The lowest BCUT2D eigenvalue weighted by atomic mass is 10.1. The maximum Gasteiger partial charge on any atom is 0.418 e. The van der Waals surface area contributed by atoms with Crippen molar-refractivity contribution < 1.29 is 37.2 Å². The van der Waals surface area contributed by atoms with E-state index in [4.69, 9.17) is 10.5 Å². The zero-order valence-electron chi connectivity index (χ0n) is 16.3. The van der Waals surface area contributed by atoms with Gasteiger partial charge in [-0.2, -0.15) is 13.2 Å². The first kappa shape index (κ1) is 24.7. The van der Waals surface area contributed by atoms with Gasteiger partial charge in [0, 0.05) is 17.0 Å². The van der Waals surface area contributed by atoms with Crippen molar-refractivity contribution >= 4 is 40.9 Å². The molecule has 0 saturated heterocycles. The number of hydrogen-bond acceptors (Lipinski definition) is 7. The van der Waals surface area contributed by atoms with Crippen LogP contribution in [0.1, 0.15) is 22.8 Å². The first-order valence-electron chi connectivity index (χ1n) is 8.77. The van der Waals surface area contributed by atoms with Gasteiger partial charge in [0.15, 0.2) is 6.10 Å². The summed E-state index contributed by atoms with van der Waals surface area (Å²) in [5.41, 5.74) is 2.16. The molecule has 9 nitrogen and oxygen atoms in total. The van der Waals surface area contributed by atoms with Crippen LogP contribution in [0.25, 0.3) is 0 Å². The SMILES string of the molecule is CC(OC(=O)c1ccccc1SCC(N)=O)C(=O)Nc1ccc([N+](=O)[O-])cc1C(F)(F)F. The molecule has 3 N–H and O–H groups in total. The Morgan fingerprint density at radius 2 is 1.88 bits per heavy atom. The summed E-state index contributed by atoms with van der Waals surface area (Å²) in [4.78, 5) is 45.8. The summed E-state index contributed by atoms with van der Waals surface area (Å²) >= 11 is 0.974. The second-order valence-electron chi connectivity index (χ2n) is 6.27. The molecule has 0 fully saturated rings. The monoisotopic (exact) mass is 471 g/mol. The highest BCUT2D eigenvalue weighted by Gasteiger charge is 2.36. The summed E-state index contributed by atoms with van der Waals surface area (Å²) in [7, 11) is 0. The van der Waals surface area contributed by atoms with Gasteiger partial charge in [-0.1, -0.05) is 12.1 Å². The van der Waals surface area contributed by atoms with E-state index >= 15 is 0 Å². The minimum absolute atomic E-state index is 0.0321. The van der Waals surface area contributed by atoms with E-state index in [0.717, 1.165) is 30.8 Å². The molecule has 32 heavy (non-hydrogen) atoms. The molecule has 0 bridgehead atoms. The first-order chi connectivity index (χ1) is 14.9. The number of anilines is 1. The minimum atomic E-state index is -4.98. The fourth-order valence-electron chi connectivity index (χ4n) is 2.41. The van der Waals surface area contributed by atoms with Gasteiger partial charge in [-0.3, -0.25) is 19.7 Å². The number of esters is 1. The van der Waals surface area contributed by atoms with Crippen molar-refractivity contribution in [2.75, 3.05) is 11.1 Å². The average Bonchev–Trinajstić information content (AvgIpc) is 2.71. The molecule has 2 rings (SSSR count). The Labute approximate surface area is 183 Å². The first-order valence-corrected chi connectivity index (χ1v) is 9.76. The number of nitro groups is 1. The molecule has 0 aromatic heterocycles. The Morgan fingerprint density at radius 1 is 1.22 bits per heavy atom. The van der Waals surface area contributed by atoms with Crippen LogP contribution in [0.2, 0.25) is 0 Å². The zero-order valence-corrected chi connectivity index (χ0v) is 17.2. The van der Waals surface area contributed by atoms with E-state index in [0.29, 0.717) is 11.0 Å². The van der Waals surface area contributed by atoms with Crippen LogP contribution in [0.4, 0.5) is 24.5 Å². The van der Waals surface area contributed by atoms with E-state index in [9.17, 15) is 37.7 Å². The third kappa shape index (κ3) is 6.44. The summed E-state index contributed by atoms with van der Waals surface area (Å²) < 4.78 is 44.8. The highest BCUT2D eigenvalue weighted by atomic mass is 32.2. The minimum Gasteiger partial charge on any atom is -0.449 e. The summed E-state index contributed by atoms with van der Waals surface area (Å²) in [6, 6.07) is 7.86. The van der Waals surface area contributed by atoms with Gasteiger partial charge in [-0.25, -0.2) is 4.79 Å². The second kappa shape index (κ2) is 10.1.